The van der Waals surface area contributed by atoms with Crippen LogP contribution in [0.1, 0.15) is 32.3 Å². The fraction of sp³-hybridized carbons (Fsp3) is 0.538. The van der Waals surface area contributed by atoms with Crippen LogP contribution >= 0.6 is 0 Å². The van der Waals surface area contributed by atoms with Gasteiger partial charge >= 0.3 is 0 Å². The van der Waals surface area contributed by atoms with Gasteiger partial charge in [-0.05, 0) is 31.5 Å². The average molecular weight is 242 g/mol. The van der Waals surface area contributed by atoms with Crippen LogP contribution in [-0.4, -0.2) is 17.3 Å². The molecule has 1 saturated heterocycles. The minimum absolute atomic E-state index is 0.100. The van der Waals surface area contributed by atoms with Crippen molar-refractivity contribution in [2.24, 2.45) is 0 Å². The number of ether oxygens (including phenoxy) is 1. The van der Waals surface area contributed by atoms with E-state index in [0.717, 1.165) is 12.1 Å². The maximum absolute atomic E-state index is 13.2. The molecule has 17 heavy (non-hydrogen) atoms. The van der Waals surface area contributed by atoms with Gasteiger partial charge < -0.3 is 9.84 Å². The van der Waals surface area contributed by atoms with Crippen LogP contribution in [0.15, 0.2) is 18.2 Å². The largest absolute Gasteiger partial charge is 0.385 e. The Hall–Kier alpha value is -1.00. The first-order chi connectivity index (χ1) is 7.90. The second-order valence-corrected chi connectivity index (χ2v) is 4.83. The Morgan fingerprint density at radius 3 is 2.29 bits per heavy atom. The smallest absolute Gasteiger partial charge is 0.159 e. The van der Waals surface area contributed by atoms with Crippen LogP contribution in [0.25, 0.3) is 0 Å². The first-order valence-corrected chi connectivity index (χ1v) is 5.74. The van der Waals surface area contributed by atoms with Gasteiger partial charge in [-0.15, -0.1) is 0 Å². The number of halogens is 2. The highest BCUT2D eigenvalue weighted by Crippen LogP contribution is 2.37. The summed E-state index contributed by atoms with van der Waals surface area (Å²) in [6, 6.07) is 3.55. The lowest BCUT2D eigenvalue weighted by Crippen LogP contribution is -2.41. The molecule has 0 saturated carbocycles. The van der Waals surface area contributed by atoms with Gasteiger partial charge in [-0.2, -0.15) is 0 Å². The maximum Gasteiger partial charge on any atom is 0.159 e. The molecule has 0 amide bonds. The summed E-state index contributed by atoms with van der Waals surface area (Å²) in [5, 5.41) is 10.5. The van der Waals surface area contributed by atoms with Crippen LogP contribution in [0.5, 0.6) is 0 Å². The number of hydrogen-bond acceptors (Lipinski definition) is 2. The zero-order valence-electron chi connectivity index (χ0n) is 9.91. The summed E-state index contributed by atoms with van der Waals surface area (Å²) in [5.74, 6) is -1.83. The van der Waals surface area contributed by atoms with Gasteiger partial charge in [0.15, 0.2) is 11.6 Å². The van der Waals surface area contributed by atoms with Crippen molar-refractivity contribution in [1.29, 1.82) is 0 Å². The number of aliphatic hydroxyl groups is 1. The minimum Gasteiger partial charge on any atom is -0.385 e. The van der Waals surface area contributed by atoms with Crippen LogP contribution in [0.4, 0.5) is 8.78 Å². The Bertz CT molecular complexity index is 410. The molecule has 1 aromatic rings. The van der Waals surface area contributed by atoms with E-state index in [1.165, 1.54) is 6.07 Å². The lowest BCUT2D eigenvalue weighted by molar-refractivity contribution is -0.135. The summed E-state index contributed by atoms with van der Waals surface area (Å²) in [4.78, 5) is 0. The molecule has 0 aromatic heterocycles. The quantitative estimate of drug-likeness (QED) is 0.820. The predicted molar refractivity (Wildman–Crippen MR) is 59.5 cm³/mol. The molecular weight excluding hydrogens is 226 g/mol. The molecule has 2 rings (SSSR count). The molecule has 0 radical (unpaired) electrons. The molecule has 1 aliphatic heterocycles. The molecule has 1 aliphatic rings. The monoisotopic (exact) mass is 242 g/mol. The van der Waals surface area contributed by atoms with Crippen molar-refractivity contribution in [3.63, 3.8) is 0 Å². The van der Waals surface area contributed by atoms with E-state index in [0.29, 0.717) is 18.4 Å². The fourth-order valence-electron chi connectivity index (χ4n) is 2.55. The number of rotatable bonds is 1. The van der Waals surface area contributed by atoms with Crippen LogP contribution < -0.4 is 0 Å². The first-order valence-electron chi connectivity index (χ1n) is 5.74. The van der Waals surface area contributed by atoms with E-state index in [9.17, 15) is 13.9 Å². The van der Waals surface area contributed by atoms with Gasteiger partial charge in [-0.3, -0.25) is 0 Å². The highest BCUT2D eigenvalue weighted by atomic mass is 19.2. The van der Waals surface area contributed by atoms with Crippen LogP contribution in [-0.2, 0) is 10.3 Å². The third-order valence-corrected chi connectivity index (χ3v) is 3.17. The number of benzene rings is 1. The predicted octanol–water partition coefficient (Wildman–Crippen LogP) is 2.74. The standard InChI is InChI=1S/C13H16F2O2/c1-8-6-13(16,7-9(2)17-8)10-3-4-11(14)12(15)5-10/h3-5,8-9,16H,6-7H2,1-2H3. The molecule has 1 fully saturated rings. The third kappa shape index (κ3) is 2.48. The van der Waals surface area contributed by atoms with E-state index < -0.39 is 17.2 Å². The van der Waals surface area contributed by atoms with Crippen molar-refractivity contribution in [1.82, 2.24) is 0 Å². The summed E-state index contributed by atoms with van der Waals surface area (Å²) in [7, 11) is 0. The van der Waals surface area contributed by atoms with Crippen molar-refractivity contribution in [3.05, 3.63) is 35.4 Å². The SMILES string of the molecule is CC1CC(O)(c2ccc(F)c(F)c2)CC(C)O1. The van der Waals surface area contributed by atoms with Crippen molar-refractivity contribution < 1.29 is 18.6 Å². The average Bonchev–Trinajstić information content (AvgIpc) is 2.19. The van der Waals surface area contributed by atoms with Crippen molar-refractivity contribution >= 4 is 0 Å². The zero-order valence-corrected chi connectivity index (χ0v) is 9.91. The highest BCUT2D eigenvalue weighted by molar-refractivity contribution is 5.25. The number of hydrogen-bond donors (Lipinski definition) is 1. The zero-order chi connectivity index (χ0) is 12.6. The maximum atomic E-state index is 13.2. The van der Waals surface area contributed by atoms with Crippen LogP contribution in [0.3, 0.4) is 0 Å². The first kappa shape index (κ1) is 12.5. The summed E-state index contributed by atoms with van der Waals surface area (Å²) < 4.78 is 31.6. The summed E-state index contributed by atoms with van der Waals surface area (Å²) in [5.41, 5.74) is -0.718. The molecule has 1 N–H and O–H groups in total. The van der Waals surface area contributed by atoms with Crippen LogP contribution in [0, 0.1) is 11.6 Å². The second-order valence-electron chi connectivity index (χ2n) is 4.83. The molecular formula is C13H16F2O2. The molecule has 0 spiro atoms. The van der Waals surface area contributed by atoms with Gasteiger partial charge in [0, 0.05) is 12.8 Å². The summed E-state index contributed by atoms with van der Waals surface area (Å²) in [6.07, 6.45) is 0.582. The lowest BCUT2D eigenvalue weighted by atomic mass is 9.81. The van der Waals surface area contributed by atoms with E-state index in [1.807, 2.05) is 13.8 Å². The van der Waals surface area contributed by atoms with Gasteiger partial charge in [0.05, 0.1) is 17.8 Å². The topological polar surface area (TPSA) is 29.5 Å². The molecule has 2 nitrogen and oxygen atoms in total. The van der Waals surface area contributed by atoms with E-state index in [1.54, 1.807) is 0 Å². The van der Waals surface area contributed by atoms with Crippen LogP contribution in [0.2, 0.25) is 0 Å². The van der Waals surface area contributed by atoms with E-state index in [-0.39, 0.29) is 12.2 Å². The molecule has 1 heterocycles. The highest BCUT2D eigenvalue weighted by Gasteiger charge is 2.38. The summed E-state index contributed by atoms with van der Waals surface area (Å²) in [6.45, 7) is 3.72. The molecule has 2 atom stereocenters. The van der Waals surface area contributed by atoms with Crippen molar-refractivity contribution in [2.75, 3.05) is 0 Å². The molecule has 2 unspecified atom stereocenters. The Labute approximate surface area is 99.2 Å². The van der Waals surface area contributed by atoms with E-state index in [4.69, 9.17) is 4.74 Å². The van der Waals surface area contributed by atoms with E-state index in [2.05, 4.69) is 0 Å². The Kier molecular flexibility index (Phi) is 3.19. The third-order valence-electron chi connectivity index (χ3n) is 3.17. The van der Waals surface area contributed by atoms with Gasteiger partial charge in [-0.1, -0.05) is 6.07 Å². The lowest BCUT2D eigenvalue weighted by Gasteiger charge is -2.39. The Morgan fingerprint density at radius 2 is 1.76 bits per heavy atom. The van der Waals surface area contributed by atoms with Gasteiger partial charge in [0.1, 0.15) is 0 Å². The van der Waals surface area contributed by atoms with Gasteiger partial charge in [0.25, 0.3) is 0 Å². The Morgan fingerprint density at radius 1 is 1.18 bits per heavy atom. The second kappa shape index (κ2) is 4.35. The minimum atomic E-state index is -1.13. The molecule has 0 aliphatic carbocycles. The van der Waals surface area contributed by atoms with E-state index >= 15 is 0 Å². The Balaban J connectivity index is 2.33. The summed E-state index contributed by atoms with van der Waals surface area (Å²) >= 11 is 0. The van der Waals surface area contributed by atoms with Gasteiger partial charge in [-0.25, -0.2) is 8.78 Å². The molecule has 0 bridgehead atoms. The fourth-order valence-corrected chi connectivity index (χ4v) is 2.55. The van der Waals surface area contributed by atoms with Gasteiger partial charge in [0.2, 0.25) is 0 Å². The molecule has 4 heteroatoms. The molecule has 94 valence electrons. The van der Waals surface area contributed by atoms with Crippen molar-refractivity contribution in [2.45, 2.75) is 44.5 Å². The molecule has 1 aromatic carbocycles. The normalized spacial score (nSPS) is 33.7. The van der Waals surface area contributed by atoms with Crippen molar-refractivity contribution in [3.8, 4) is 0 Å².